The molecule has 2 aromatic carbocycles. The minimum absolute atomic E-state index is 0.0143. The average Bonchev–Trinajstić information content (AvgIpc) is 2.86. The molecular weight excluding hydrogens is 278 g/mol. The number of rotatable bonds is 4. The van der Waals surface area contributed by atoms with Gasteiger partial charge in [-0.05, 0) is 19.1 Å². The molecule has 0 amide bonds. The van der Waals surface area contributed by atoms with Gasteiger partial charge in [0.1, 0.15) is 0 Å². The summed E-state index contributed by atoms with van der Waals surface area (Å²) in [5.41, 5.74) is -1.22. The molecule has 2 atom stereocenters. The monoisotopic (exact) mass is 303 g/mol. The first kappa shape index (κ1) is 9.08. The minimum atomic E-state index is -2.92. The predicted octanol–water partition coefficient (Wildman–Crippen LogP) is 3.33. The van der Waals surface area contributed by atoms with E-state index in [1.165, 1.54) is 6.92 Å². The summed E-state index contributed by atoms with van der Waals surface area (Å²) in [5.74, 6) is -2.13. The molecule has 0 N–H and O–H groups in total. The van der Waals surface area contributed by atoms with Crippen LogP contribution in [0.4, 0.5) is 0 Å². The van der Waals surface area contributed by atoms with Gasteiger partial charge in [-0.2, -0.15) is 0 Å². The van der Waals surface area contributed by atoms with Crippen molar-refractivity contribution in [3.8, 4) is 0 Å². The lowest BCUT2D eigenvalue weighted by molar-refractivity contribution is -0.271. The Hall–Kier alpha value is -2.17. The molecule has 0 radical (unpaired) electrons. The minimum Gasteiger partial charge on any atom is -0.435 e. The predicted molar refractivity (Wildman–Crippen MR) is 84.6 cm³/mol. The number of benzene rings is 2. The van der Waals surface area contributed by atoms with Gasteiger partial charge < -0.3 is 14.2 Å². The highest BCUT2D eigenvalue weighted by molar-refractivity contribution is 5.95. The van der Waals surface area contributed by atoms with E-state index in [-0.39, 0.29) is 11.5 Å². The number of ether oxygens (including phenoxy) is 3. The Morgan fingerprint density at radius 3 is 2.23 bits per heavy atom. The van der Waals surface area contributed by atoms with E-state index < -0.39 is 25.6 Å². The maximum Gasteiger partial charge on any atom is 0.288 e. The molecule has 0 saturated heterocycles. The highest BCUT2D eigenvalue weighted by Crippen LogP contribution is 2.46. The van der Waals surface area contributed by atoms with E-state index in [4.69, 9.17) is 22.4 Å². The van der Waals surface area contributed by atoms with Crippen LogP contribution in [0.5, 0.6) is 0 Å². The van der Waals surface area contributed by atoms with Crippen molar-refractivity contribution in [3.63, 3.8) is 0 Å². The van der Waals surface area contributed by atoms with E-state index in [0.29, 0.717) is 5.56 Å². The van der Waals surface area contributed by atoms with E-state index >= 15 is 0 Å². The first-order chi connectivity index (χ1) is 12.9. The zero-order chi connectivity index (χ0) is 20.6. The zero-order valence-electron chi connectivity index (χ0n) is 17.9. The van der Waals surface area contributed by atoms with Crippen molar-refractivity contribution in [2.45, 2.75) is 18.4 Å². The van der Waals surface area contributed by atoms with Gasteiger partial charge in [-0.1, -0.05) is 48.5 Å². The van der Waals surface area contributed by atoms with Crippen LogP contribution in [-0.2, 0) is 20.0 Å². The summed E-state index contributed by atoms with van der Waals surface area (Å²) in [7, 11) is -5.80. The van der Waals surface area contributed by atoms with Crippen LogP contribution in [0.25, 0.3) is 0 Å². The van der Waals surface area contributed by atoms with Gasteiger partial charge in [-0.15, -0.1) is 0 Å². The molecule has 0 aromatic heterocycles. The van der Waals surface area contributed by atoms with Gasteiger partial charge in [-0.3, -0.25) is 0 Å². The Balaban J connectivity index is 2.20. The van der Waals surface area contributed by atoms with E-state index in [1.807, 2.05) is 0 Å². The lowest BCUT2D eigenvalue weighted by Gasteiger charge is -2.37. The van der Waals surface area contributed by atoms with Gasteiger partial charge in [0.25, 0.3) is 5.79 Å². The molecule has 1 aliphatic rings. The van der Waals surface area contributed by atoms with Crippen LogP contribution in [0.1, 0.15) is 26.3 Å². The van der Waals surface area contributed by atoms with E-state index in [0.717, 1.165) is 0 Å². The topological polar surface area (TPSA) is 40.0 Å². The van der Waals surface area contributed by atoms with E-state index in [1.54, 1.807) is 60.7 Å². The molecule has 4 nitrogen and oxygen atoms in total. The zero-order valence-corrected chi connectivity index (χ0v) is 11.9. The fourth-order valence-electron chi connectivity index (χ4n) is 2.47. The number of hydrogen-bond acceptors (Lipinski definition) is 4. The summed E-state index contributed by atoms with van der Waals surface area (Å²) >= 11 is 0. The van der Waals surface area contributed by atoms with Gasteiger partial charge in [-0.25, -0.2) is 4.99 Å². The third-order valence-corrected chi connectivity index (χ3v) is 3.68. The molecule has 4 heteroatoms. The Labute approximate surface area is 138 Å². The quantitative estimate of drug-likeness (QED) is 0.870. The third-order valence-electron chi connectivity index (χ3n) is 3.68. The maximum atomic E-state index is 7.63. The number of hydrogen-bond donors (Lipinski definition) is 0. The number of methoxy groups -OCH3 is 2. The lowest BCUT2D eigenvalue weighted by Crippen LogP contribution is -2.49. The van der Waals surface area contributed by atoms with Gasteiger partial charge in [0.15, 0.2) is 0 Å². The summed E-state index contributed by atoms with van der Waals surface area (Å²) in [5, 5.41) is 0. The van der Waals surface area contributed by atoms with Crippen molar-refractivity contribution in [2.24, 2.45) is 4.99 Å². The molecule has 0 bridgehead atoms. The molecule has 22 heavy (non-hydrogen) atoms. The second-order valence-electron chi connectivity index (χ2n) is 5.05. The van der Waals surface area contributed by atoms with Gasteiger partial charge >= 0.3 is 0 Å². The van der Waals surface area contributed by atoms with Crippen molar-refractivity contribution in [3.05, 3.63) is 71.8 Å². The van der Waals surface area contributed by atoms with Crippen molar-refractivity contribution in [1.82, 2.24) is 0 Å². The van der Waals surface area contributed by atoms with Crippen LogP contribution in [0, 0.1) is 0 Å². The van der Waals surface area contributed by atoms with Crippen molar-refractivity contribution in [2.75, 3.05) is 14.1 Å². The summed E-state index contributed by atoms with van der Waals surface area (Å²) in [6.45, 7) is 1.33. The van der Waals surface area contributed by atoms with Crippen LogP contribution in [-0.4, -0.2) is 25.7 Å². The summed E-state index contributed by atoms with van der Waals surface area (Å²) in [6, 6.07) is 16.8. The summed E-state index contributed by atoms with van der Waals surface area (Å²) in [6.07, 6.45) is 0. The van der Waals surface area contributed by atoms with Crippen LogP contribution in [0.2, 0.25) is 0 Å². The van der Waals surface area contributed by atoms with Crippen molar-refractivity contribution >= 4 is 5.90 Å². The highest BCUT2D eigenvalue weighted by Gasteiger charge is 2.59. The van der Waals surface area contributed by atoms with E-state index in [9.17, 15) is 0 Å². The summed E-state index contributed by atoms with van der Waals surface area (Å²) in [4.78, 5) is 4.33. The molecule has 0 unspecified atom stereocenters. The van der Waals surface area contributed by atoms with Gasteiger partial charge in [0.2, 0.25) is 11.6 Å². The number of aliphatic imine (C=N–C) groups is 1. The van der Waals surface area contributed by atoms with Gasteiger partial charge in [0, 0.05) is 25.2 Å². The van der Waals surface area contributed by atoms with Crippen LogP contribution in [0.15, 0.2) is 65.7 Å². The first-order valence-corrected chi connectivity index (χ1v) is 6.74. The Morgan fingerprint density at radius 1 is 0.955 bits per heavy atom. The van der Waals surface area contributed by atoms with Crippen molar-refractivity contribution < 1.29 is 22.4 Å². The Kier molecular flexibility index (Phi) is 2.29. The normalized spacial score (nSPS) is 32.5. The molecule has 2 aromatic rings. The molecule has 0 spiro atoms. The Bertz CT molecular complexity index is 853. The number of nitrogens with zero attached hydrogens (tertiary/aromatic N) is 1. The smallest absolute Gasteiger partial charge is 0.288 e. The van der Waals surface area contributed by atoms with Gasteiger partial charge in [0.05, 0.1) is 8.22 Å². The van der Waals surface area contributed by atoms with Crippen LogP contribution < -0.4 is 0 Å². The molecule has 1 heterocycles. The molecule has 114 valence electrons. The molecule has 0 fully saturated rings. The highest BCUT2D eigenvalue weighted by atomic mass is 16.7. The maximum absolute atomic E-state index is 7.63. The standard InChI is InChI=1S/C18H19NO3/c1-17(20-2)18(21-3,15-12-8-5-9-13-15)22-16(19-17)14-10-6-4-7-11-14/h4-13H,1-3H3/t17-,18-/m0/s1/i2D3,3D3. The average molecular weight is 303 g/mol. The summed E-state index contributed by atoms with van der Waals surface area (Å²) < 4.78 is 62.2. The Morgan fingerprint density at radius 2 is 1.59 bits per heavy atom. The van der Waals surface area contributed by atoms with Crippen molar-refractivity contribution in [1.29, 1.82) is 0 Å². The second kappa shape index (κ2) is 5.55. The molecule has 0 aliphatic carbocycles. The van der Waals surface area contributed by atoms with Crippen LogP contribution >= 0.6 is 0 Å². The lowest BCUT2D eigenvalue weighted by atomic mass is 9.96. The largest absolute Gasteiger partial charge is 0.435 e. The molecular formula is C18H19NO3. The third kappa shape index (κ3) is 2.12. The fraction of sp³-hybridized carbons (Fsp3) is 0.278. The molecule has 1 aliphatic heterocycles. The molecule has 3 rings (SSSR count). The first-order valence-electron chi connectivity index (χ1n) is 9.74. The molecule has 0 saturated carbocycles. The second-order valence-corrected chi connectivity index (χ2v) is 5.05. The fourth-order valence-corrected chi connectivity index (χ4v) is 2.47. The van der Waals surface area contributed by atoms with E-state index in [2.05, 4.69) is 4.99 Å². The SMILES string of the molecule is [2H]C([2H])([2H])O[C@@]1(c2ccccc2)OC(c2ccccc2)=N[C@@]1(C)OC([2H])([2H])[2H]. The van der Waals surface area contributed by atoms with Crippen LogP contribution in [0.3, 0.4) is 0 Å².